The SMILES string of the molecule is COc1c(F)ccc2oc(C(=O)Nc3ccc(B4OC(C)(C)C(C)(C)O4)c4c3OCO4)cc12. The van der Waals surface area contributed by atoms with Crippen LogP contribution in [-0.2, 0) is 9.31 Å². The molecule has 0 saturated carbocycles. The molecule has 2 aliphatic heterocycles. The molecule has 0 radical (unpaired) electrons. The Morgan fingerprint density at radius 3 is 2.45 bits per heavy atom. The van der Waals surface area contributed by atoms with Crippen molar-refractivity contribution < 1.29 is 37.1 Å². The predicted molar refractivity (Wildman–Crippen MR) is 119 cm³/mol. The fourth-order valence-corrected chi connectivity index (χ4v) is 3.83. The highest BCUT2D eigenvalue weighted by atomic mass is 19.1. The Bertz CT molecular complexity index is 1250. The summed E-state index contributed by atoms with van der Waals surface area (Å²) in [5.74, 6) is -0.250. The number of methoxy groups -OCH3 is 1. The highest BCUT2D eigenvalue weighted by Crippen LogP contribution is 2.42. The van der Waals surface area contributed by atoms with Crippen molar-refractivity contribution >= 4 is 35.1 Å². The average molecular weight is 455 g/mol. The van der Waals surface area contributed by atoms with Crippen LogP contribution < -0.4 is 25.0 Å². The second-order valence-corrected chi connectivity index (χ2v) is 8.91. The van der Waals surface area contributed by atoms with Gasteiger partial charge in [0.1, 0.15) is 5.58 Å². The minimum Gasteiger partial charge on any atom is -0.493 e. The van der Waals surface area contributed by atoms with Gasteiger partial charge in [0, 0.05) is 11.5 Å². The largest absolute Gasteiger partial charge is 0.498 e. The summed E-state index contributed by atoms with van der Waals surface area (Å²) in [5, 5.41) is 3.13. The van der Waals surface area contributed by atoms with E-state index in [1.165, 1.54) is 25.3 Å². The van der Waals surface area contributed by atoms with Crippen LogP contribution >= 0.6 is 0 Å². The number of rotatable bonds is 4. The van der Waals surface area contributed by atoms with Crippen molar-refractivity contribution in [1.29, 1.82) is 0 Å². The summed E-state index contributed by atoms with van der Waals surface area (Å²) in [6.07, 6.45) is 0. The Kier molecular flexibility index (Phi) is 4.84. The maximum atomic E-state index is 14.0. The Morgan fingerprint density at radius 2 is 1.76 bits per heavy atom. The van der Waals surface area contributed by atoms with Crippen molar-refractivity contribution in [3.8, 4) is 17.2 Å². The van der Waals surface area contributed by atoms with E-state index < -0.39 is 30.0 Å². The quantitative estimate of drug-likeness (QED) is 0.598. The van der Waals surface area contributed by atoms with Crippen LogP contribution in [0.4, 0.5) is 10.1 Å². The molecule has 33 heavy (non-hydrogen) atoms. The number of anilines is 1. The molecule has 0 spiro atoms. The summed E-state index contributed by atoms with van der Waals surface area (Å²) < 4.78 is 48.2. The van der Waals surface area contributed by atoms with Gasteiger partial charge in [-0.1, -0.05) is 6.07 Å². The summed E-state index contributed by atoms with van der Waals surface area (Å²) in [6, 6.07) is 7.55. The fraction of sp³-hybridized carbons (Fsp3) is 0.348. The van der Waals surface area contributed by atoms with E-state index in [0.29, 0.717) is 33.6 Å². The van der Waals surface area contributed by atoms with E-state index in [0.717, 1.165) is 0 Å². The van der Waals surface area contributed by atoms with E-state index in [4.69, 9.17) is 27.9 Å². The van der Waals surface area contributed by atoms with Crippen molar-refractivity contribution in [2.24, 2.45) is 0 Å². The summed E-state index contributed by atoms with van der Waals surface area (Å²) in [6.45, 7) is 7.86. The highest BCUT2D eigenvalue weighted by Gasteiger charge is 2.53. The molecule has 5 rings (SSSR count). The Morgan fingerprint density at radius 1 is 1.06 bits per heavy atom. The molecule has 1 saturated heterocycles. The number of carbonyl (C=O) groups excluding carboxylic acids is 1. The number of fused-ring (bicyclic) bond motifs is 2. The van der Waals surface area contributed by atoms with Crippen molar-refractivity contribution in [3.63, 3.8) is 0 Å². The third-order valence-corrected chi connectivity index (χ3v) is 6.34. The summed E-state index contributed by atoms with van der Waals surface area (Å²) in [4.78, 5) is 12.9. The lowest BCUT2D eigenvalue weighted by molar-refractivity contribution is 0.00578. The van der Waals surface area contributed by atoms with Gasteiger partial charge in [-0.3, -0.25) is 4.79 Å². The van der Waals surface area contributed by atoms with E-state index >= 15 is 0 Å². The smallest absolute Gasteiger partial charge is 0.493 e. The van der Waals surface area contributed by atoms with E-state index in [1.54, 1.807) is 12.1 Å². The first-order chi connectivity index (χ1) is 15.6. The Labute approximate surface area is 190 Å². The first-order valence-electron chi connectivity index (χ1n) is 10.5. The lowest BCUT2D eigenvalue weighted by Gasteiger charge is -2.32. The number of furan rings is 1. The van der Waals surface area contributed by atoms with Gasteiger partial charge in [-0.25, -0.2) is 4.39 Å². The van der Waals surface area contributed by atoms with Crippen LogP contribution in [0.3, 0.4) is 0 Å². The molecule has 10 heteroatoms. The summed E-state index contributed by atoms with van der Waals surface area (Å²) >= 11 is 0. The molecule has 3 aromatic rings. The summed E-state index contributed by atoms with van der Waals surface area (Å²) in [7, 11) is 0.709. The van der Waals surface area contributed by atoms with Gasteiger partial charge in [0.05, 0.1) is 29.4 Å². The Hall–Kier alpha value is -3.24. The molecule has 0 atom stereocenters. The number of benzene rings is 2. The first kappa shape index (κ1) is 21.6. The van der Waals surface area contributed by atoms with E-state index in [9.17, 15) is 9.18 Å². The lowest BCUT2D eigenvalue weighted by Crippen LogP contribution is -2.41. The van der Waals surface area contributed by atoms with Crippen molar-refractivity contribution in [3.05, 3.63) is 41.9 Å². The van der Waals surface area contributed by atoms with Crippen LogP contribution in [0.25, 0.3) is 11.0 Å². The molecule has 3 heterocycles. The van der Waals surface area contributed by atoms with Crippen LogP contribution in [0, 0.1) is 5.82 Å². The molecule has 172 valence electrons. The summed E-state index contributed by atoms with van der Waals surface area (Å²) in [5.41, 5.74) is 0.367. The van der Waals surface area contributed by atoms with Crippen LogP contribution in [0.5, 0.6) is 17.2 Å². The van der Waals surface area contributed by atoms with Crippen LogP contribution in [0.1, 0.15) is 38.2 Å². The molecule has 0 unspecified atom stereocenters. The first-order valence-corrected chi connectivity index (χ1v) is 10.5. The molecule has 1 fully saturated rings. The minimum absolute atomic E-state index is 0.00315. The minimum atomic E-state index is -0.645. The molecule has 0 bridgehead atoms. The standard InChI is InChI=1S/C23H23BFNO7/c1-22(2)23(3,4)33-24(32-22)13-6-8-15(20-19(13)29-11-30-20)26-21(27)17-10-12-16(31-17)9-7-14(25)18(12)28-5/h6-10H,11H2,1-5H3,(H,26,27). The number of halogens is 1. The molecule has 1 N–H and O–H groups in total. The van der Waals surface area contributed by atoms with Gasteiger partial charge >= 0.3 is 7.12 Å². The van der Waals surface area contributed by atoms with Crippen molar-refractivity contribution in [1.82, 2.24) is 0 Å². The number of hydrogen-bond acceptors (Lipinski definition) is 7. The molecule has 1 aromatic heterocycles. The average Bonchev–Trinajstić information content (AvgIpc) is 3.44. The van der Waals surface area contributed by atoms with Gasteiger partial charge in [-0.15, -0.1) is 0 Å². The zero-order valence-electron chi connectivity index (χ0n) is 18.9. The molecular weight excluding hydrogens is 432 g/mol. The second-order valence-electron chi connectivity index (χ2n) is 8.91. The lowest BCUT2D eigenvalue weighted by atomic mass is 9.78. The van der Waals surface area contributed by atoms with Gasteiger partial charge in [-0.05, 0) is 45.9 Å². The monoisotopic (exact) mass is 455 g/mol. The van der Waals surface area contributed by atoms with Gasteiger partial charge in [0.2, 0.25) is 6.79 Å². The number of hydrogen-bond donors (Lipinski definition) is 1. The van der Waals surface area contributed by atoms with Gasteiger partial charge in [-0.2, -0.15) is 0 Å². The predicted octanol–water partition coefficient (Wildman–Crippen LogP) is 3.86. The van der Waals surface area contributed by atoms with E-state index in [2.05, 4.69) is 5.32 Å². The molecule has 1 amide bonds. The number of ether oxygens (including phenoxy) is 3. The number of carbonyl (C=O) groups is 1. The molecule has 8 nitrogen and oxygen atoms in total. The van der Waals surface area contributed by atoms with Crippen molar-refractivity contribution in [2.75, 3.05) is 19.2 Å². The second kappa shape index (κ2) is 7.39. The van der Waals surface area contributed by atoms with Gasteiger partial charge in [0.25, 0.3) is 5.91 Å². The Balaban J connectivity index is 1.44. The van der Waals surface area contributed by atoms with E-state index in [1.807, 2.05) is 27.7 Å². The number of amides is 1. The molecule has 0 aliphatic carbocycles. The third-order valence-electron chi connectivity index (χ3n) is 6.34. The number of nitrogens with one attached hydrogen (secondary N) is 1. The molecule has 2 aliphatic rings. The third kappa shape index (κ3) is 3.41. The fourth-order valence-electron chi connectivity index (χ4n) is 3.83. The van der Waals surface area contributed by atoms with E-state index in [-0.39, 0.29) is 18.3 Å². The zero-order chi connectivity index (χ0) is 23.5. The molecular formula is C23H23BFNO7. The topological polar surface area (TPSA) is 88.4 Å². The molecule has 2 aromatic carbocycles. The maximum Gasteiger partial charge on any atom is 0.498 e. The van der Waals surface area contributed by atoms with Gasteiger partial charge < -0.3 is 33.3 Å². The van der Waals surface area contributed by atoms with Crippen molar-refractivity contribution in [2.45, 2.75) is 38.9 Å². The highest BCUT2D eigenvalue weighted by molar-refractivity contribution is 6.63. The van der Waals surface area contributed by atoms with Crippen LogP contribution in [-0.4, -0.2) is 38.1 Å². The van der Waals surface area contributed by atoms with Crippen LogP contribution in [0.2, 0.25) is 0 Å². The normalized spacial score (nSPS) is 18.1. The zero-order valence-corrected chi connectivity index (χ0v) is 18.9. The van der Waals surface area contributed by atoms with Crippen LogP contribution in [0.15, 0.2) is 34.7 Å². The maximum absolute atomic E-state index is 14.0. The van der Waals surface area contributed by atoms with Gasteiger partial charge in [0.15, 0.2) is 28.8 Å².